The van der Waals surface area contributed by atoms with Crippen molar-refractivity contribution in [3.05, 3.63) is 123 Å². The second kappa shape index (κ2) is 11.8. The van der Waals surface area contributed by atoms with Crippen molar-refractivity contribution >= 4 is 56.9 Å². The van der Waals surface area contributed by atoms with Crippen LogP contribution in [-0.2, 0) is 0 Å². The van der Waals surface area contributed by atoms with Gasteiger partial charge in [0.05, 0.1) is 0 Å². The smallest absolute Gasteiger partial charge is 0 e. The van der Waals surface area contributed by atoms with Gasteiger partial charge < -0.3 is 20.4 Å². The molecule has 0 aliphatic carbocycles. The van der Waals surface area contributed by atoms with Crippen LogP contribution in [0.25, 0.3) is 35.6 Å². The van der Waals surface area contributed by atoms with Crippen LogP contribution in [0.15, 0.2) is 103 Å². The van der Waals surface area contributed by atoms with Crippen molar-refractivity contribution < 1.29 is 51.5 Å². The van der Waals surface area contributed by atoms with Crippen LogP contribution >= 0.6 is 0 Å². The normalized spacial score (nSPS) is 10.8. The molecule has 4 N–H and O–H groups in total. The molecule has 5 nitrogen and oxygen atoms in total. The average molecular weight is 920 g/mol. The number of phenolic OH excluding ortho intramolecular Hbond substituents is 4. The van der Waals surface area contributed by atoms with Gasteiger partial charge in [-0.2, -0.15) is 0 Å². The average Bonchev–Trinajstić information content (AvgIpc) is 2.92. The number of benzene rings is 6. The Kier molecular flexibility index (Phi) is 8.73. The predicted molar refractivity (Wildman–Crippen MR) is 149 cm³/mol. The topological polar surface area (TPSA) is 103 Å². The number of aromatic hydroxyl groups is 4. The first-order chi connectivity index (χ1) is 18.0. The number of phenols is 4. The van der Waals surface area contributed by atoms with Gasteiger partial charge in [0.25, 0.3) is 0 Å². The van der Waals surface area contributed by atoms with Gasteiger partial charge in [-0.05, 0) is 74.3 Å². The Balaban J connectivity index is 0.00000110. The number of fused-ring (bicyclic) bond motifs is 3. The van der Waals surface area contributed by atoms with Crippen molar-refractivity contribution in [3.63, 3.8) is 0 Å². The Hall–Kier alpha value is -2.96. The van der Waals surface area contributed by atoms with E-state index in [4.69, 9.17) is 3.29 Å². The van der Waals surface area contributed by atoms with Crippen LogP contribution in [0.3, 0.4) is 0 Å². The molecule has 0 bridgehead atoms. The monoisotopic (exact) mass is 919 g/mol. The van der Waals surface area contributed by atoms with Crippen molar-refractivity contribution in [2.45, 2.75) is 5.92 Å². The molecular weight excluding hydrogens is 897 g/mol. The zero-order valence-electron chi connectivity index (χ0n) is 20.1. The molecular formula is C31H22BiNO4U-. The molecule has 0 spiro atoms. The number of nitrogens with zero attached hydrogens (tertiary/aromatic N) is 1. The van der Waals surface area contributed by atoms with Gasteiger partial charge in [-0.15, -0.1) is 0 Å². The minimum absolute atomic E-state index is 0. The van der Waals surface area contributed by atoms with E-state index in [1.807, 2.05) is 36.4 Å². The maximum atomic E-state index is 11.2. The van der Waals surface area contributed by atoms with Gasteiger partial charge in [-0.1, -0.05) is 66.7 Å². The summed E-state index contributed by atoms with van der Waals surface area (Å²) in [6.45, 7) is 0. The molecule has 38 heavy (non-hydrogen) atoms. The van der Waals surface area contributed by atoms with Crippen molar-refractivity contribution in [2.24, 2.45) is 0 Å². The first kappa shape index (κ1) is 28.1. The number of hydrogen-bond donors (Lipinski definition) is 4. The summed E-state index contributed by atoms with van der Waals surface area (Å²) in [5.41, 5.74) is 2.00. The van der Waals surface area contributed by atoms with Crippen molar-refractivity contribution in [1.29, 1.82) is 0 Å². The molecule has 0 aromatic heterocycles. The molecule has 0 unspecified atom stereocenters. The third-order valence-corrected chi connectivity index (χ3v) is 6.73. The molecule has 185 valence electrons. The fourth-order valence-electron chi connectivity index (χ4n) is 5.11. The van der Waals surface area contributed by atoms with Crippen molar-refractivity contribution in [3.8, 4) is 23.0 Å². The maximum absolute atomic E-state index is 11.2. The van der Waals surface area contributed by atoms with E-state index in [1.165, 1.54) is 0 Å². The Morgan fingerprint density at radius 3 is 1.47 bits per heavy atom. The quantitative estimate of drug-likeness (QED) is 0.113. The maximum Gasteiger partial charge on any atom is 0 e. The summed E-state index contributed by atoms with van der Waals surface area (Å²) in [7, 11) is 0. The second-order valence-electron chi connectivity index (χ2n) is 8.85. The van der Waals surface area contributed by atoms with E-state index in [0.717, 1.165) is 27.1 Å². The minimum atomic E-state index is -0.587. The Morgan fingerprint density at radius 1 is 0.500 bits per heavy atom. The van der Waals surface area contributed by atoms with Gasteiger partial charge in [0.1, 0.15) is 23.0 Å². The van der Waals surface area contributed by atoms with Crippen LogP contribution < -0.4 is 0 Å². The third kappa shape index (κ3) is 5.16. The van der Waals surface area contributed by atoms with Crippen LogP contribution in [0.2, 0.25) is 0 Å². The Labute approximate surface area is 258 Å². The molecule has 0 atom stereocenters. The zero-order chi connectivity index (χ0) is 26.1. The van der Waals surface area contributed by atoms with Crippen molar-refractivity contribution in [2.75, 3.05) is 0 Å². The van der Waals surface area contributed by atoms with Gasteiger partial charge in [-0.25, -0.2) is 0 Å². The Bertz CT molecular complexity index is 1690. The molecule has 0 amide bonds. The van der Waals surface area contributed by atoms with E-state index in [9.17, 15) is 20.4 Å². The molecule has 0 heterocycles. The molecule has 1 radical (unpaired) electrons. The van der Waals surface area contributed by atoms with Crippen molar-refractivity contribution in [1.82, 2.24) is 0 Å². The number of hydrogen-bond acceptors (Lipinski definition) is 4. The molecule has 0 aliphatic rings. The minimum Gasteiger partial charge on any atom is 0 e. The van der Waals surface area contributed by atoms with Gasteiger partial charge in [0, 0.05) is 48.2 Å². The summed E-state index contributed by atoms with van der Waals surface area (Å²) >= 11 is 0.444. The van der Waals surface area contributed by atoms with Gasteiger partial charge in [-0.3, -0.25) is 0 Å². The van der Waals surface area contributed by atoms with Crippen LogP contribution in [-0.4, -0.2) is 45.0 Å². The van der Waals surface area contributed by atoms with E-state index < -0.39 is 5.92 Å². The summed E-state index contributed by atoms with van der Waals surface area (Å²) in [5.74, 6) is -0.311. The SMILES string of the molecule is Oc1ccc2ccc(O)c(C(c3ccc4ccccc4c3)c3c(O)ccc4ccc(O)cc34)c2c1.[N-]=[Bi].[U]. The first-order valence-corrected chi connectivity index (χ1v) is 13.1. The largest absolute Gasteiger partial charge is 0 e. The van der Waals surface area contributed by atoms with E-state index >= 15 is 0 Å². The molecule has 6 rings (SSSR count). The Morgan fingerprint density at radius 2 is 0.947 bits per heavy atom. The summed E-state index contributed by atoms with van der Waals surface area (Å²) in [4.78, 5) is 0. The fraction of sp³-hybridized carbons (Fsp3) is 0.0323. The zero-order valence-corrected chi connectivity index (χ0v) is 27.7. The third-order valence-electron chi connectivity index (χ3n) is 6.73. The molecule has 0 aliphatic heterocycles. The van der Waals surface area contributed by atoms with Crippen LogP contribution in [0.5, 0.6) is 23.0 Å². The first-order valence-electron chi connectivity index (χ1n) is 11.6. The summed E-state index contributed by atoms with van der Waals surface area (Å²) in [5, 5.41) is 48.2. The molecule has 6 aromatic rings. The molecule has 0 fully saturated rings. The van der Waals surface area contributed by atoms with Crippen LogP contribution in [0.4, 0.5) is 0 Å². The molecule has 7 heteroatoms. The predicted octanol–water partition coefficient (Wildman–Crippen LogP) is 7.06. The van der Waals surface area contributed by atoms with E-state index in [1.54, 1.807) is 60.7 Å². The van der Waals surface area contributed by atoms with Gasteiger partial charge in [0.2, 0.25) is 0 Å². The summed E-state index contributed by atoms with van der Waals surface area (Å²) in [6, 6.07) is 31.1. The van der Waals surface area contributed by atoms with E-state index in [2.05, 4.69) is 6.07 Å². The van der Waals surface area contributed by atoms with E-state index in [0.29, 0.717) is 46.5 Å². The molecule has 6 aromatic carbocycles. The standard InChI is InChI=1S/C31H22O4.Bi.N.U/c32-23-11-7-19-9-13-27(34)30(25(19)16-23)29(22-6-5-18-3-1-2-4-21(18)15-22)31-26-17-24(33)12-8-20(26)10-14-28(31)35;;;/h1-17,29,32-35H;;;/q;;-1;. The van der Waals surface area contributed by atoms with Gasteiger partial charge >= 0.3 is 27.8 Å². The second-order valence-corrected chi connectivity index (χ2v) is 8.85. The summed E-state index contributed by atoms with van der Waals surface area (Å²) < 4.78 is 7.11. The summed E-state index contributed by atoms with van der Waals surface area (Å²) in [6.07, 6.45) is 0. The van der Waals surface area contributed by atoms with Gasteiger partial charge in [0.15, 0.2) is 0 Å². The number of rotatable bonds is 3. The molecule has 0 saturated heterocycles. The van der Waals surface area contributed by atoms with E-state index in [-0.39, 0.29) is 54.1 Å². The molecule has 0 saturated carbocycles. The fourth-order valence-corrected chi connectivity index (χ4v) is 5.11. The van der Waals surface area contributed by atoms with Crippen LogP contribution in [0.1, 0.15) is 22.6 Å². The van der Waals surface area contributed by atoms with Crippen LogP contribution in [0, 0.1) is 31.1 Å².